The Morgan fingerprint density at radius 2 is 1.67 bits per heavy atom. The van der Waals surface area contributed by atoms with Crippen molar-refractivity contribution >= 4 is 0 Å². The molecule has 4 atom stereocenters. The van der Waals surface area contributed by atoms with E-state index in [1.165, 1.54) is 19.3 Å². The molecule has 0 aromatic rings. The highest BCUT2D eigenvalue weighted by atomic mass is 15.1. The Labute approximate surface area is 55.8 Å². The van der Waals surface area contributed by atoms with Crippen LogP contribution in [-0.2, 0) is 0 Å². The van der Waals surface area contributed by atoms with Crippen molar-refractivity contribution in [2.24, 2.45) is 11.8 Å². The average Bonchev–Trinajstić information content (AvgIpc) is 2.62. The van der Waals surface area contributed by atoms with E-state index in [1.54, 1.807) is 6.42 Å². The highest BCUT2D eigenvalue weighted by Crippen LogP contribution is 2.53. The highest BCUT2D eigenvalue weighted by Gasteiger charge is 2.54. The molecule has 1 nitrogen and oxygen atoms in total. The van der Waals surface area contributed by atoms with Crippen molar-refractivity contribution in [2.45, 2.75) is 37.8 Å². The van der Waals surface area contributed by atoms with Crippen molar-refractivity contribution in [1.29, 1.82) is 0 Å². The molecule has 0 aromatic heterocycles. The molecule has 50 valence electrons. The standard InChI is InChI=1S/C8H13N/c1-2-7-5-4-6(5)8(3-1)9-7/h5-9H,1-4H2. The van der Waals surface area contributed by atoms with E-state index in [0.29, 0.717) is 0 Å². The van der Waals surface area contributed by atoms with Crippen LogP contribution in [0.3, 0.4) is 0 Å². The summed E-state index contributed by atoms with van der Waals surface area (Å²) in [5.74, 6) is 2.25. The molecular formula is C8H13N. The van der Waals surface area contributed by atoms with Gasteiger partial charge in [0.05, 0.1) is 0 Å². The van der Waals surface area contributed by atoms with Gasteiger partial charge < -0.3 is 5.32 Å². The Kier molecular flexibility index (Phi) is 0.704. The summed E-state index contributed by atoms with van der Waals surface area (Å²) in [6.07, 6.45) is 5.99. The molecule has 3 rings (SSSR count). The van der Waals surface area contributed by atoms with Gasteiger partial charge in [-0.25, -0.2) is 0 Å². The molecular weight excluding hydrogens is 110 g/mol. The van der Waals surface area contributed by atoms with E-state index < -0.39 is 0 Å². The molecule has 2 heterocycles. The first-order chi connectivity index (χ1) is 4.45. The number of nitrogens with one attached hydrogen (secondary N) is 1. The molecule has 2 bridgehead atoms. The summed E-state index contributed by atoms with van der Waals surface area (Å²) in [7, 11) is 0. The monoisotopic (exact) mass is 123 g/mol. The van der Waals surface area contributed by atoms with Crippen LogP contribution in [0.25, 0.3) is 0 Å². The highest BCUT2D eigenvalue weighted by molar-refractivity contribution is 5.10. The Morgan fingerprint density at radius 3 is 2.22 bits per heavy atom. The van der Waals surface area contributed by atoms with Gasteiger partial charge >= 0.3 is 0 Å². The van der Waals surface area contributed by atoms with Crippen molar-refractivity contribution in [1.82, 2.24) is 5.32 Å². The topological polar surface area (TPSA) is 12.0 Å². The molecule has 4 unspecified atom stereocenters. The Bertz CT molecular complexity index is 130. The molecule has 3 aliphatic rings. The molecule has 3 fully saturated rings. The van der Waals surface area contributed by atoms with E-state index in [9.17, 15) is 0 Å². The van der Waals surface area contributed by atoms with Crippen molar-refractivity contribution in [2.75, 3.05) is 0 Å². The van der Waals surface area contributed by atoms with Crippen LogP contribution >= 0.6 is 0 Å². The first-order valence-electron chi connectivity index (χ1n) is 4.21. The molecule has 1 N–H and O–H groups in total. The second-order valence-electron chi connectivity index (χ2n) is 3.87. The van der Waals surface area contributed by atoms with Gasteiger partial charge in [0.2, 0.25) is 0 Å². The smallest absolute Gasteiger partial charge is 0.0101 e. The van der Waals surface area contributed by atoms with Gasteiger partial charge in [0.25, 0.3) is 0 Å². The molecule has 1 heteroatoms. The third kappa shape index (κ3) is 0.493. The third-order valence-corrected chi connectivity index (χ3v) is 3.38. The second kappa shape index (κ2) is 1.34. The lowest BCUT2D eigenvalue weighted by atomic mass is 10.0. The Morgan fingerprint density at radius 1 is 1.00 bits per heavy atom. The van der Waals surface area contributed by atoms with Crippen molar-refractivity contribution in [3.05, 3.63) is 0 Å². The number of hydrogen-bond acceptors (Lipinski definition) is 1. The van der Waals surface area contributed by atoms with E-state index in [4.69, 9.17) is 0 Å². The lowest BCUT2D eigenvalue weighted by molar-refractivity contribution is 0.352. The number of hydrogen-bond donors (Lipinski definition) is 1. The molecule has 0 spiro atoms. The van der Waals surface area contributed by atoms with Gasteiger partial charge in [0, 0.05) is 12.1 Å². The predicted molar refractivity (Wildman–Crippen MR) is 36.2 cm³/mol. The lowest BCUT2D eigenvalue weighted by Gasteiger charge is -2.24. The molecule has 0 amide bonds. The first-order valence-corrected chi connectivity index (χ1v) is 4.21. The van der Waals surface area contributed by atoms with Crippen LogP contribution in [0.15, 0.2) is 0 Å². The molecule has 0 aromatic carbocycles. The summed E-state index contributed by atoms with van der Waals surface area (Å²) >= 11 is 0. The van der Waals surface area contributed by atoms with Crippen LogP contribution in [0, 0.1) is 11.8 Å². The fourth-order valence-electron chi connectivity index (χ4n) is 2.84. The summed E-state index contributed by atoms with van der Waals surface area (Å²) in [6.45, 7) is 0. The molecule has 1 aliphatic carbocycles. The summed E-state index contributed by atoms with van der Waals surface area (Å²) in [5.41, 5.74) is 0. The average molecular weight is 123 g/mol. The zero-order valence-electron chi connectivity index (χ0n) is 5.64. The van der Waals surface area contributed by atoms with Gasteiger partial charge in [-0.2, -0.15) is 0 Å². The molecule has 0 radical (unpaired) electrons. The minimum atomic E-state index is 0.953. The van der Waals surface area contributed by atoms with Crippen molar-refractivity contribution < 1.29 is 0 Å². The Balaban J connectivity index is 1.92. The van der Waals surface area contributed by atoms with Gasteiger partial charge in [0.1, 0.15) is 0 Å². The maximum atomic E-state index is 3.69. The largest absolute Gasteiger partial charge is 0.311 e. The molecule has 9 heavy (non-hydrogen) atoms. The molecule has 2 aliphatic heterocycles. The number of rotatable bonds is 0. The summed E-state index contributed by atoms with van der Waals surface area (Å²) < 4.78 is 0. The zero-order valence-corrected chi connectivity index (χ0v) is 5.64. The van der Waals surface area contributed by atoms with Crippen LogP contribution < -0.4 is 5.32 Å². The third-order valence-electron chi connectivity index (χ3n) is 3.38. The normalized spacial score (nSPS) is 61.3. The zero-order chi connectivity index (χ0) is 5.84. The quantitative estimate of drug-likeness (QED) is 0.509. The van der Waals surface area contributed by atoms with Gasteiger partial charge in [-0.1, -0.05) is 6.42 Å². The predicted octanol–water partition coefficient (Wildman–Crippen LogP) is 1.15. The Hall–Kier alpha value is -0.0400. The van der Waals surface area contributed by atoms with Crippen LogP contribution in [-0.4, -0.2) is 12.1 Å². The molecule has 2 saturated heterocycles. The van der Waals surface area contributed by atoms with Gasteiger partial charge in [-0.3, -0.25) is 0 Å². The summed E-state index contributed by atoms with van der Waals surface area (Å²) in [4.78, 5) is 0. The number of fused-ring (bicyclic) bond motifs is 5. The summed E-state index contributed by atoms with van der Waals surface area (Å²) in [6, 6.07) is 1.91. The van der Waals surface area contributed by atoms with Gasteiger partial charge in [0.15, 0.2) is 0 Å². The number of piperidine rings is 2. The van der Waals surface area contributed by atoms with E-state index in [-0.39, 0.29) is 0 Å². The van der Waals surface area contributed by atoms with Crippen LogP contribution in [0.5, 0.6) is 0 Å². The fraction of sp³-hybridized carbons (Fsp3) is 1.00. The van der Waals surface area contributed by atoms with Crippen LogP contribution in [0.4, 0.5) is 0 Å². The lowest BCUT2D eigenvalue weighted by Crippen LogP contribution is -2.37. The first kappa shape index (κ1) is 4.73. The van der Waals surface area contributed by atoms with Crippen molar-refractivity contribution in [3.8, 4) is 0 Å². The van der Waals surface area contributed by atoms with E-state index in [1.807, 2.05) is 0 Å². The summed E-state index contributed by atoms with van der Waals surface area (Å²) in [5, 5.41) is 3.69. The van der Waals surface area contributed by atoms with E-state index in [2.05, 4.69) is 5.32 Å². The second-order valence-corrected chi connectivity index (χ2v) is 3.87. The maximum Gasteiger partial charge on any atom is 0.0101 e. The van der Waals surface area contributed by atoms with Crippen LogP contribution in [0.1, 0.15) is 25.7 Å². The SMILES string of the molecule is C1CC2NC(C1)C1CC21. The van der Waals surface area contributed by atoms with E-state index in [0.717, 1.165) is 23.9 Å². The van der Waals surface area contributed by atoms with Crippen molar-refractivity contribution in [3.63, 3.8) is 0 Å². The van der Waals surface area contributed by atoms with Crippen LogP contribution in [0.2, 0.25) is 0 Å². The van der Waals surface area contributed by atoms with Gasteiger partial charge in [-0.05, 0) is 31.1 Å². The van der Waals surface area contributed by atoms with E-state index >= 15 is 0 Å². The maximum absolute atomic E-state index is 3.69. The minimum absolute atomic E-state index is 0.953. The molecule has 1 saturated carbocycles. The van der Waals surface area contributed by atoms with Gasteiger partial charge in [-0.15, -0.1) is 0 Å². The fourth-order valence-corrected chi connectivity index (χ4v) is 2.84. The minimum Gasteiger partial charge on any atom is -0.311 e.